The minimum absolute atomic E-state index is 0.0685. The number of carbonyl (C=O) groups is 1. The lowest BCUT2D eigenvalue weighted by Gasteiger charge is -2.44. The van der Waals surface area contributed by atoms with Gasteiger partial charge in [-0.2, -0.15) is 0 Å². The van der Waals surface area contributed by atoms with E-state index in [-0.39, 0.29) is 17.7 Å². The Morgan fingerprint density at radius 3 is 2.44 bits per heavy atom. The molecule has 0 aromatic heterocycles. The lowest BCUT2D eigenvalue weighted by molar-refractivity contribution is 0.0564. The first-order valence-corrected chi connectivity index (χ1v) is 13.2. The zero-order valence-electron chi connectivity index (χ0n) is 21.0. The first-order valence-electron chi connectivity index (χ1n) is 13.2. The summed E-state index contributed by atoms with van der Waals surface area (Å²) in [5.74, 6) is -0.703. The third-order valence-corrected chi connectivity index (χ3v) is 8.26. The van der Waals surface area contributed by atoms with Crippen LogP contribution in [-0.4, -0.2) is 66.2 Å². The standard InChI is InChI=1S/C29H36F2N2O3/c1-29(10-2-11-29)19-32-12-7-20(8-13-32)18-36-23-4-6-24(27(31)16-23)21-3-5-25(26(30)15-21)28(35)33-14-9-22(34)17-33/h3-6,15-16,20,22,34H,2,7-14,17-19H2,1H3. The van der Waals surface area contributed by atoms with E-state index < -0.39 is 23.6 Å². The topological polar surface area (TPSA) is 53.0 Å². The summed E-state index contributed by atoms with van der Waals surface area (Å²) in [6.07, 6.45) is 6.16. The zero-order chi connectivity index (χ0) is 25.3. The predicted molar refractivity (Wildman–Crippen MR) is 135 cm³/mol. The first-order chi connectivity index (χ1) is 17.3. The molecule has 2 heterocycles. The normalized spacial score (nSPS) is 22.4. The van der Waals surface area contributed by atoms with Crippen molar-refractivity contribution >= 4 is 5.91 Å². The lowest BCUT2D eigenvalue weighted by Crippen LogP contribution is -2.44. The van der Waals surface area contributed by atoms with Gasteiger partial charge < -0.3 is 19.6 Å². The van der Waals surface area contributed by atoms with E-state index in [0.717, 1.165) is 25.9 Å². The third-order valence-electron chi connectivity index (χ3n) is 8.26. The molecule has 194 valence electrons. The summed E-state index contributed by atoms with van der Waals surface area (Å²) in [5, 5.41) is 9.64. The molecule has 2 aliphatic heterocycles. The number of hydrogen-bond donors (Lipinski definition) is 1. The molecule has 1 N–H and O–H groups in total. The second-order valence-corrected chi connectivity index (χ2v) is 11.2. The Morgan fingerprint density at radius 1 is 1.06 bits per heavy atom. The minimum atomic E-state index is -0.698. The summed E-state index contributed by atoms with van der Waals surface area (Å²) in [5.41, 5.74) is 1.07. The molecule has 2 saturated heterocycles. The molecule has 1 amide bonds. The van der Waals surface area contributed by atoms with Gasteiger partial charge in [0, 0.05) is 31.3 Å². The van der Waals surface area contributed by atoms with Gasteiger partial charge in [0.25, 0.3) is 5.91 Å². The molecule has 7 heteroatoms. The average molecular weight is 499 g/mol. The van der Waals surface area contributed by atoms with Crippen molar-refractivity contribution in [3.63, 3.8) is 0 Å². The highest BCUT2D eigenvalue weighted by molar-refractivity contribution is 5.95. The summed E-state index contributed by atoms with van der Waals surface area (Å²) in [6.45, 7) is 6.96. The molecule has 2 aromatic carbocycles. The molecule has 1 saturated carbocycles. The van der Waals surface area contributed by atoms with Crippen molar-refractivity contribution in [2.45, 2.75) is 51.6 Å². The maximum atomic E-state index is 14.9. The van der Waals surface area contributed by atoms with Gasteiger partial charge in [0.2, 0.25) is 0 Å². The minimum Gasteiger partial charge on any atom is -0.493 e. The van der Waals surface area contributed by atoms with E-state index in [1.54, 1.807) is 18.2 Å². The van der Waals surface area contributed by atoms with Gasteiger partial charge in [-0.15, -0.1) is 0 Å². The van der Waals surface area contributed by atoms with E-state index in [2.05, 4.69) is 11.8 Å². The van der Waals surface area contributed by atoms with Crippen LogP contribution >= 0.6 is 0 Å². The van der Waals surface area contributed by atoms with Crippen LogP contribution in [0, 0.1) is 23.0 Å². The Morgan fingerprint density at radius 2 is 1.83 bits per heavy atom. The van der Waals surface area contributed by atoms with Gasteiger partial charge in [-0.1, -0.05) is 19.4 Å². The SMILES string of the molecule is CC1(CN2CCC(COc3ccc(-c4ccc(C(=O)N5CCC(O)C5)c(F)c4)c(F)c3)CC2)CCC1. The fraction of sp³-hybridized carbons (Fsp3) is 0.552. The molecule has 1 aliphatic carbocycles. The summed E-state index contributed by atoms with van der Waals surface area (Å²) >= 11 is 0. The van der Waals surface area contributed by atoms with Crippen LogP contribution < -0.4 is 4.74 Å². The first kappa shape index (κ1) is 25.2. The van der Waals surface area contributed by atoms with Crippen LogP contribution in [0.15, 0.2) is 36.4 Å². The summed E-state index contributed by atoms with van der Waals surface area (Å²) in [6, 6.07) is 8.80. The number of rotatable bonds is 7. The summed E-state index contributed by atoms with van der Waals surface area (Å²) in [4.78, 5) is 16.6. The van der Waals surface area contributed by atoms with Crippen molar-refractivity contribution in [3.8, 4) is 16.9 Å². The highest BCUT2D eigenvalue weighted by Crippen LogP contribution is 2.41. The third kappa shape index (κ3) is 5.57. The van der Waals surface area contributed by atoms with E-state index in [1.165, 1.54) is 48.9 Å². The van der Waals surface area contributed by atoms with Crippen molar-refractivity contribution in [1.82, 2.24) is 9.80 Å². The number of nitrogens with zero attached hydrogens (tertiary/aromatic N) is 2. The van der Waals surface area contributed by atoms with E-state index in [0.29, 0.717) is 42.2 Å². The molecule has 3 fully saturated rings. The van der Waals surface area contributed by atoms with Crippen molar-refractivity contribution in [2.75, 3.05) is 39.3 Å². The van der Waals surface area contributed by atoms with Crippen LogP contribution in [0.2, 0.25) is 0 Å². The van der Waals surface area contributed by atoms with E-state index in [1.807, 2.05) is 0 Å². The maximum Gasteiger partial charge on any atom is 0.256 e. The Labute approximate surface area is 212 Å². The Hall–Kier alpha value is -2.51. The Kier molecular flexibility index (Phi) is 7.31. The number of ether oxygens (including phenoxy) is 1. The molecule has 36 heavy (non-hydrogen) atoms. The van der Waals surface area contributed by atoms with Gasteiger partial charge >= 0.3 is 0 Å². The van der Waals surface area contributed by atoms with Crippen molar-refractivity contribution in [2.24, 2.45) is 11.3 Å². The van der Waals surface area contributed by atoms with Crippen LogP contribution in [0.1, 0.15) is 55.8 Å². The lowest BCUT2D eigenvalue weighted by atomic mass is 9.70. The van der Waals surface area contributed by atoms with Crippen LogP contribution in [0.4, 0.5) is 8.78 Å². The van der Waals surface area contributed by atoms with Gasteiger partial charge in [0.05, 0.1) is 18.3 Å². The van der Waals surface area contributed by atoms with E-state index >= 15 is 0 Å². The van der Waals surface area contributed by atoms with Crippen LogP contribution in [0.25, 0.3) is 11.1 Å². The number of carbonyl (C=O) groups excluding carboxylic acids is 1. The summed E-state index contributed by atoms with van der Waals surface area (Å²) < 4.78 is 35.6. The Balaban J connectivity index is 1.15. The number of piperidine rings is 1. The van der Waals surface area contributed by atoms with Gasteiger partial charge in [0.1, 0.15) is 17.4 Å². The summed E-state index contributed by atoms with van der Waals surface area (Å²) in [7, 11) is 0. The number of likely N-dealkylation sites (tertiary alicyclic amines) is 2. The van der Waals surface area contributed by atoms with Crippen LogP contribution in [0.3, 0.4) is 0 Å². The molecule has 2 aromatic rings. The van der Waals surface area contributed by atoms with E-state index in [4.69, 9.17) is 4.74 Å². The smallest absolute Gasteiger partial charge is 0.256 e. The number of halogens is 2. The number of β-amino-alcohol motifs (C(OH)–C–C–N with tert-alkyl or cyclic N) is 1. The number of benzene rings is 2. The molecule has 5 nitrogen and oxygen atoms in total. The molecule has 1 atom stereocenters. The van der Waals surface area contributed by atoms with Gasteiger partial charge in [0.15, 0.2) is 0 Å². The molecular weight excluding hydrogens is 462 g/mol. The van der Waals surface area contributed by atoms with Crippen molar-refractivity contribution in [3.05, 3.63) is 53.6 Å². The fourth-order valence-corrected chi connectivity index (χ4v) is 5.78. The molecule has 3 aliphatic rings. The van der Waals surface area contributed by atoms with Gasteiger partial charge in [-0.3, -0.25) is 4.79 Å². The molecule has 0 spiro atoms. The number of hydrogen-bond acceptors (Lipinski definition) is 4. The molecular formula is C29H36F2N2O3. The van der Waals surface area contributed by atoms with Gasteiger partial charge in [-0.05, 0) is 86.4 Å². The second kappa shape index (κ2) is 10.5. The number of aliphatic hydroxyl groups is 1. The zero-order valence-corrected chi connectivity index (χ0v) is 21.0. The fourth-order valence-electron chi connectivity index (χ4n) is 5.78. The van der Waals surface area contributed by atoms with E-state index in [9.17, 15) is 18.7 Å². The Bertz CT molecular complexity index is 1100. The van der Waals surface area contributed by atoms with Crippen LogP contribution in [-0.2, 0) is 0 Å². The monoisotopic (exact) mass is 498 g/mol. The predicted octanol–water partition coefficient (Wildman–Crippen LogP) is 5.12. The van der Waals surface area contributed by atoms with Crippen molar-refractivity contribution < 1.29 is 23.4 Å². The second-order valence-electron chi connectivity index (χ2n) is 11.2. The largest absolute Gasteiger partial charge is 0.493 e. The molecule has 0 bridgehead atoms. The molecule has 0 radical (unpaired) electrons. The number of amides is 1. The van der Waals surface area contributed by atoms with Gasteiger partial charge in [-0.25, -0.2) is 8.78 Å². The molecule has 1 unspecified atom stereocenters. The molecule has 5 rings (SSSR count). The highest BCUT2D eigenvalue weighted by Gasteiger charge is 2.34. The average Bonchev–Trinajstić information content (AvgIpc) is 3.28. The van der Waals surface area contributed by atoms with Crippen LogP contribution in [0.5, 0.6) is 5.75 Å². The quantitative estimate of drug-likeness (QED) is 0.576. The highest BCUT2D eigenvalue weighted by atomic mass is 19.1. The van der Waals surface area contributed by atoms with Crippen molar-refractivity contribution in [1.29, 1.82) is 0 Å². The maximum absolute atomic E-state index is 14.9. The number of aliphatic hydroxyl groups excluding tert-OH is 1.